The van der Waals surface area contributed by atoms with Gasteiger partial charge in [0.15, 0.2) is 0 Å². The van der Waals surface area contributed by atoms with Crippen LogP contribution in [-0.4, -0.2) is 75.0 Å². The molecule has 4 rings (SSSR count). The van der Waals surface area contributed by atoms with Crippen molar-refractivity contribution in [3.8, 4) is 0 Å². The van der Waals surface area contributed by atoms with Crippen molar-refractivity contribution in [2.75, 3.05) is 26.3 Å². The lowest BCUT2D eigenvalue weighted by atomic mass is 9.66. The zero-order chi connectivity index (χ0) is 26.6. The number of ether oxygens (including phenoxy) is 1. The summed E-state index contributed by atoms with van der Waals surface area (Å²) in [5, 5.41) is 9.12. The minimum Gasteiger partial charge on any atom is -0.466 e. The summed E-state index contributed by atoms with van der Waals surface area (Å²) in [7, 11) is 0. The highest BCUT2D eigenvalue weighted by molar-refractivity contribution is 8.02. The van der Waals surface area contributed by atoms with Gasteiger partial charge in [-0.25, -0.2) is 0 Å². The molecule has 1 aromatic carbocycles. The average Bonchev–Trinajstić information content (AvgIpc) is 3.48. The third kappa shape index (κ3) is 5.07. The predicted octanol–water partition coefficient (Wildman–Crippen LogP) is 3.65. The van der Waals surface area contributed by atoms with Crippen LogP contribution in [0.2, 0.25) is 0 Å². The number of aliphatic hydroxyl groups is 1. The highest BCUT2D eigenvalue weighted by atomic mass is 32.2. The van der Waals surface area contributed by atoms with Crippen molar-refractivity contribution in [3.05, 3.63) is 48.6 Å². The maximum absolute atomic E-state index is 14.4. The van der Waals surface area contributed by atoms with E-state index in [4.69, 9.17) is 9.84 Å². The molecule has 6 atom stereocenters. The number of nitrogens with zero attached hydrogens (tertiary/aromatic N) is 2. The Kier molecular flexibility index (Phi) is 9.01. The highest BCUT2D eigenvalue weighted by Crippen LogP contribution is 2.68. The van der Waals surface area contributed by atoms with E-state index in [1.165, 1.54) is 0 Å². The first-order valence-electron chi connectivity index (χ1n) is 13.6. The Hall–Kier alpha value is -2.32. The maximum atomic E-state index is 14.4. The van der Waals surface area contributed by atoms with Crippen molar-refractivity contribution in [1.29, 1.82) is 0 Å². The molecule has 2 amide bonds. The van der Waals surface area contributed by atoms with Gasteiger partial charge in [0.05, 0.1) is 23.2 Å². The van der Waals surface area contributed by atoms with Gasteiger partial charge in [-0.3, -0.25) is 14.4 Å². The second kappa shape index (κ2) is 12.0. The van der Waals surface area contributed by atoms with Gasteiger partial charge in [0, 0.05) is 31.5 Å². The summed E-state index contributed by atoms with van der Waals surface area (Å²) >= 11 is 1.68. The second-order valence-corrected chi connectivity index (χ2v) is 12.0. The minimum absolute atomic E-state index is 0.00742. The predicted molar refractivity (Wildman–Crippen MR) is 145 cm³/mol. The van der Waals surface area contributed by atoms with E-state index in [-0.39, 0.29) is 42.2 Å². The molecule has 0 saturated carbocycles. The van der Waals surface area contributed by atoms with Crippen LogP contribution >= 0.6 is 11.8 Å². The third-order valence-corrected chi connectivity index (χ3v) is 10.3. The van der Waals surface area contributed by atoms with Crippen LogP contribution in [0.25, 0.3) is 0 Å². The lowest BCUT2D eigenvalue weighted by Gasteiger charge is -2.40. The van der Waals surface area contributed by atoms with Crippen LogP contribution in [0, 0.1) is 17.8 Å². The number of hydrogen-bond acceptors (Lipinski definition) is 6. The number of amides is 2. The van der Waals surface area contributed by atoms with Gasteiger partial charge in [0.2, 0.25) is 11.8 Å². The number of carbonyl (C=O) groups excluding carboxylic acids is 3. The van der Waals surface area contributed by atoms with Crippen LogP contribution in [0.5, 0.6) is 0 Å². The second-order valence-electron chi connectivity index (χ2n) is 10.5. The van der Waals surface area contributed by atoms with E-state index in [2.05, 4.69) is 13.5 Å². The summed E-state index contributed by atoms with van der Waals surface area (Å²) < 4.78 is 4.79. The molecule has 0 aliphatic carbocycles. The zero-order valence-corrected chi connectivity index (χ0v) is 22.8. The first-order chi connectivity index (χ1) is 17.9. The van der Waals surface area contributed by atoms with Crippen LogP contribution < -0.4 is 0 Å². The molecule has 3 heterocycles. The Morgan fingerprint density at radius 2 is 1.97 bits per heavy atom. The Labute approximate surface area is 224 Å². The fourth-order valence-corrected chi connectivity index (χ4v) is 9.06. The Balaban J connectivity index is 1.69. The normalized spacial score (nSPS) is 29.9. The van der Waals surface area contributed by atoms with Crippen LogP contribution in [0.4, 0.5) is 0 Å². The van der Waals surface area contributed by atoms with Gasteiger partial charge in [-0.05, 0) is 37.7 Å². The molecule has 0 radical (unpaired) electrons. The topological polar surface area (TPSA) is 87.2 Å². The standard InChI is InChI=1S/C29H40N2O5S/c1-4-15-30(19-21-13-9-8-10-14-21)27(34)25-29-20(3)18-22(37-29)23(28(35)36-5-2)24(29)26(33)31(25)16-11-6-7-12-17-32/h4,8-10,13-14,20,22-25,32H,1,5-7,11-12,15-19H2,2-3H3/t20?,22-,23+,24-,25?,29?/m0/s1. The van der Waals surface area contributed by atoms with Gasteiger partial charge in [0.1, 0.15) is 6.04 Å². The molecule has 3 unspecified atom stereocenters. The number of likely N-dealkylation sites (tertiary alicyclic amines) is 1. The Morgan fingerprint density at radius 1 is 1.24 bits per heavy atom. The molecule has 1 spiro atoms. The molecule has 0 aromatic heterocycles. The number of esters is 1. The van der Waals surface area contributed by atoms with Gasteiger partial charge in [0.25, 0.3) is 0 Å². The van der Waals surface area contributed by atoms with Gasteiger partial charge in [-0.15, -0.1) is 18.3 Å². The van der Waals surface area contributed by atoms with Crippen LogP contribution in [0.3, 0.4) is 0 Å². The van der Waals surface area contributed by atoms with Crippen molar-refractivity contribution in [3.63, 3.8) is 0 Å². The van der Waals surface area contributed by atoms with E-state index in [1.54, 1.807) is 34.6 Å². The first-order valence-corrected chi connectivity index (χ1v) is 14.5. The summed E-state index contributed by atoms with van der Waals surface area (Å²) in [6, 6.07) is 9.23. The third-order valence-electron chi connectivity index (χ3n) is 8.22. The highest BCUT2D eigenvalue weighted by Gasteiger charge is 2.76. The molecule has 2 bridgehead atoms. The molecule has 8 heteroatoms. The van der Waals surface area contributed by atoms with Crippen molar-refractivity contribution >= 4 is 29.5 Å². The number of aliphatic hydroxyl groups excluding tert-OH is 1. The van der Waals surface area contributed by atoms with Crippen LogP contribution in [0.15, 0.2) is 43.0 Å². The van der Waals surface area contributed by atoms with E-state index in [0.29, 0.717) is 19.6 Å². The monoisotopic (exact) mass is 528 g/mol. The van der Waals surface area contributed by atoms with E-state index < -0.39 is 22.6 Å². The molecule has 37 heavy (non-hydrogen) atoms. The van der Waals surface area contributed by atoms with Gasteiger partial charge in [-0.1, -0.05) is 56.2 Å². The lowest BCUT2D eigenvalue weighted by Crippen LogP contribution is -2.57. The summed E-state index contributed by atoms with van der Waals surface area (Å²) in [6.07, 6.45) is 5.76. The number of benzene rings is 1. The fourth-order valence-electron chi connectivity index (χ4n) is 6.66. The Bertz CT molecular complexity index is 988. The summed E-state index contributed by atoms with van der Waals surface area (Å²) in [5.41, 5.74) is 1.02. The molecule has 202 valence electrons. The van der Waals surface area contributed by atoms with Crippen LogP contribution in [-0.2, 0) is 25.7 Å². The van der Waals surface area contributed by atoms with Crippen LogP contribution in [0.1, 0.15) is 51.5 Å². The molecule has 1 aromatic rings. The van der Waals surface area contributed by atoms with Gasteiger partial charge >= 0.3 is 5.97 Å². The van der Waals surface area contributed by atoms with Gasteiger partial charge in [-0.2, -0.15) is 0 Å². The fraction of sp³-hybridized carbons (Fsp3) is 0.621. The minimum atomic E-state index is -0.641. The van der Waals surface area contributed by atoms with E-state index in [1.807, 2.05) is 30.3 Å². The largest absolute Gasteiger partial charge is 0.466 e. The maximum Gasteiger partial charge on any atom is 0.310 e. The van der Waals surface area contributed by atoms with Crippen molar-refractivity contribution in [2.45, 2.75) is 68.5 Å². The van der Waals surface area contributed by atoms with Crippen molar-refractivity contribution in [1.82, 2.24) is 9.80 Å². The molecule has 1 N–H and O–H groups in total. The van der Waals surface area contributed by atoms with Crippen molar-refractivity contribution < 1.29 is 24.2 Å². The summed E-state index contributed by atoms with van der Waals surface area (Å²) in [6.45, 7) is 9.52. The first kappa shape index (κ1) is 27.7. The smallest absolute Gasteiger partial charge is 0.310 e. The Morgan fingerprint density at radius 3 is 2.65 bits per heavy atom. The number of thioether (sulfide) groups is 1. The number of rotatable bonds is 13. The number of unbranched alkanes of at least 4 members (excludes halogenated alkanes) is 3. The molecule has 7 nitrogen and oxygen atoms in total. The number of hydrogen-bond donors (Lipinski definition) is 1. The molecule has 3 aliphatic rings. The summed E-state index contributed by atoms with van der Waals surface area (Å²) in [5.74, 6) is -1.39. The quantitative estimate of drug-likeness (QED) is 0.239. The van der Waals surface area contributed by atoms with E-state index in [9.17, 15) is 14.4 Å². The molecule has 3 saturated heterocycles. The van der Waals surface area contributed by atoms with E-state index in [0.717, 1.165) is 37.7 Å². The lowest BCUT2D eigenvalue weighted by molar-refractivity contribution is -0.154. The average molecular weight is 529 g/mol. The number of carbonyl (C=O) groups is 3. The molecular weight excluding hydrogens is 488 g/mol. The molecule has 3 fully saturated rings. The zero-order valence-electron chi connectivity index (χ0n) is 22.0. The SMILES string of the molecule is C=CCN(Cc1ccccc1)C(=O)C1N(CCCCCCO)C(=O)[C@@H]2[C@H](C(=O)OCC)[C@@H]3CC(C)C12S3. The molecular formula is C29H40N2O5S. The summed E-state index contributed by atoms with van der Waals surface area (Å²) in [4.78, 5) is 45.2. The molecule has 3 aliphatic heterocycles. The van der Waals surface area contributed by atoms with E-state index >= 15 is 0 Å². The van der Waals surface area contributed by atoms with Gasteiger partial charge < -0.3 is 19.6 Å². The van der Waals surface area contributed by atoms with Crippen molar-refractivity contribution in [2.24, 2.45) is 17.8 Å². The number of fused-ring (bicyclic) bond motifs is 1.